The van der Waals surface area contributed by atoms with Crippen molar-refractivity contribution in [1.82, 2.24) is 0 Å². The molecule has 74 heavy (non-hydrogen) atoms. The van der Waals surface area contributed by atoms with E-state index in [0.29, 0.717) is 0 Å². The summed E-state index contributed by atoms with van der Waals surface area (Å²) in [6.45, 7) is 0. The second kappa shape index (κ2) is 15.9. The average Bonchev–Trinajstić information content (AvgIpc) is 3.52. The summed E-state index contributed by atoms with van der Waals surface area (Å²) in [4.78, 5) is 0. The summed E-state index contributed by atoms with van der Waals surface area (Å²) in [6, 6.07) is 100. The third-order valence-electron chi connectivity index (χ3n) is 16.3. The Bertz CT molecular complexity index is 5070. The molecule has 0 saturated heterocycles. The molecule has 16 rings (SSSR count). The fraction of sp³-hybridized carbons (Fsp3) is 0. The topological polar surface area (TPSA) is 0 Å². The van der Waals surface area contributed by atoms with Gasteiger partial charge in [-0.1, -0.05) is 243 Å². The van der Waals surface area contributed by atoms with Gasteiger partial charge in [0.2, 0.25) is 0 Å². The molecule has 0 bridgehead atoms. The van der Waals surface area contributed by atoms with Crippen LogP contribution in [-0.4, -0.2) is 0 Å². The molecule has 0 heterocycles. The lowest BCUT2D eigenvalue weighted by atomic mass is 9.81. The number of rotatable bonds is 4. The minimum atomic E-state index is 1.21. The lowest BCUT2D eigenvalue weighted by molar-refractivity contribution is 1.68. The monoisotopic (exact) mass is 932 g/mol. The first-order valence-corrected chi connectivity index (χ1v) is 25.8. The van der Waals surface area contributed by atoms with Gasteiger partial charge in [0, 0.05) is 0 Å². The van der Waals surface area contributed by atoms with Crippen molar-refractivity contribution in [2.75, 3.05) is 0 Å². The Labute approximate surface area is 427 Å². The molecule has 16 aromatic rings. The smallest absolute Gasteiger partial charge is 0.00137 e. The van der Waals surface area contributed by atoms with E-state index in [1.807, 2.05) is 0 Å². The van der Waals surface area contributed by atoms with Crippen LogP contribution in [0.3, 0.4) is 0 Å². The van der Waals surface area contributed by atoms with Gasteiger partial charge in [0.05, 0.1) is 0 Å². The van der Waals surface area contributed by atoms with E-state index in [1.54, 1.807) is 0 Å². The van der Waals surface area contributed by atoms with Crippen LogP contribution in [0.25, 0.3) is 163 Å². The van der Waals surface area contributed by atoms with E-state index in [-0.39, 0.29) is 0 Å². The Morgan fingerprint density at radius 2 is 0.473 bits per heavy atom. The van der Waals surface area contributed by atoms with E-state index in [1.165, 1.54) is 163 Å². The number of benzene rings is 16. The number of hydrogen-bond acceptors (Lipinski definition) is 0. The van der Waals surface area contributed by atoms with Crippen molar-refractivity contribution in [3.8, 4) is 44.5 Å². The van der Waals surface area contributed by atoms with Gasteiger partial charge in [-0.2, -0.15) is 0 Å². The van der Waals surface area contributed by atoms with Crippen molar-refractivity contribution in [3.05, 3.63) is 267 Å². The fourth-order valence-electron chi connectivity index (χ4n) is 13.1. The first-order chi connectivity index (χ1) is 36.7. The predicted molar refractivity (Wildman–Crippen MR) is 321 cm³/mol. The summed E-state index contributed by atoms with van der Waals surface area (Å²) in [5.74, 6) is 0. The highest BCUT2D eigenvalue weighted by atomic mass is 14.3. The third kappa shape index (κ3) is 6.03. The van der Waals surface area contributed by atoms with Crippen LogP contribution in [0.1, 0.15) is 0 Å². The summed E-state index contributed by atoms with van der Waals surface area (Å²) in [5, 5.41) is 27.7. The second-order valence-electron chi connectivity index (χ2n) is 20.2. The van der Waals surface area contributed by atoms with E-state index < -0.39 is 0 Å². The summed E-state index contributed by atoms with van der Waals surface area (Å²) >= 11 is 0. The maximum Gasteiger partial charge on any atom is -0.00137 e. The number of hydrogen-bond donors (Lipinski definition) is 0. The van der Waals surface area contributed by atoms with E-state index in [0.717, 1.165) is 0 Å². The first kappa shape index (κ1) is 41.0. The van der Waals surface area contributed by atoms with Crippen LogP contribution in [-0.2, 0) is 0 Å². The van der Waals surface area contributed by atoms with E-state index in [2.05, 4.69) is 267 Å². The Balaban J connectivity index is 0.934. The van der Waals surface area contributed by atoms with Crippen LogP contribution < -0.4 is 0 Å². The molecule has 0 spiro atoms. The summed E-state index contributed by atoms with van der Waals surface area (Å²) in [6.07, 6.45) is 0. The maximum atomic E-state index is 2.49. The van der Waals surface area contributed by atoms with Gasteiger partial charge >= 0.3 is 0 Å². The highest BCUT2D eigenvalue weighted by molar-refractivity contribution is 6.32. The maximum absolute atomic E-state index is 2.49. The molecule has 0 aliphatic carbocycles. The summed E-state index contributed by atoms with van der Waals surface area (Å²) in [5.41, 5.74) is 10.0. The van der Waals surface area contributed by atoms with E-state index in [9.17, 15) is 0 Å². The van der Waals surface area contributed by atoms with Crippen molar-refractivity contribution >= 4 is 118 Å². The van der Waals surface area contributed by atoms with Crippen LogP contribution in [0, 0.1) is 0 Å². The van der Waals surface area contributed by atoms with Crippen LogP contribution >= 0.6 is 0 Å². The lowest BCUT2D eigenvalue weighted by Gasteiger charge is -2.21. The molecule has 0 aliphatic heterocycles. The molecule has 0 amide bonds. The van der Waals surface area contributed by atoms with Gasteiger partial charge in [-0.15, -0.1) is 0 Å². The van der Waals surface area contributed by atoms with Crippen molar-refractivity contribution in [3.63, 3.8) is 0 Å². The first-order valence-electron chi connectivity index (χ1n) is 25.8. The summed E-state index contributed by atoms with van der Waals surface area (Å²) in [7, 11) is 0. The van der Waals surface area contributed by atoms with Crippen molar-refractivity contribution in [1.29, 1.82) is 0 Å². The fourth-order valence-corrected chi connectivity index (χ4v) is 13.1. The van der Waals surface area contributed by atoms with Crippen molar-refractivity contribution < 1.29 is 0 Å². The van der Waals surface area contributed by atoms with Crippen molar-refractivity contribution in [2.45, 2.75) is 0 Å². The number of fused-ring (bicyclic) bond motifs is 15. The molecule has 0 fully saturated rings. The normalized spacial score (nSPS) is 12.1. The van der Waals surface area contributed by atoms with E-state index >= 15 is 0 Å². The SMILES string of the molecule is c1ccc2cc(-c3c4ccccc4c(-c4ccc5cc(-c6c7ccccc7c(-c7cc8c9ccccc9ccc8c8ccccc78)c7c6ccc6ccccc67)ccc5c4)c4ccc5ccccc5c34)ccc2c1. The molecule has 0 saturated carbocycles. The van der Waals surface area contributed by atoms with Gasteiger partial charge in [0.25, 0.3) is 0 Å². The highest BCUT2D eigenvalue weighted by Gasteiger charge is 2.23. The predicted octanol–water partition coefficient (Wildman–Crippen LogP) is 21.0. The van der Waals surface area contributed by atoms with Gasteiger partial charge in [0.15, 0.2) is 0 Å². The Morgan fingerprint density at radius 3 is 1.03 bits per heavy atom. The van der Waals surface area contributed by atoms with Crippen LogP contribution in [0.5, 0.6) is 0 Å². The molecular formula is C74H44. The Hall–Kier alpha value is -9.62. The van der Waals surface area contributed by atoms with Gasteiger partial charge in [-0.25, -0.2) is 0 Å². The van der Waals surface area contributed by atoms with Gasteiger partial charge < -0.3 is 0 Å². The van der Waals surface area contributed by atoms with Gasteiger partial charge in [-0.3, -0.25) is 0 Å². The zero-order chi connectivity index (χ0) is 48.4. The minimum Gasteiger partial charge on any atom is -0.0616 e. The van der Waals surface area contributed by atoms with Gasteiger partial charge in [0.1, 0.15) is 0 Å². The van der Waals surface area contributed by atoms with Crippen molar-refractivity contribution in [2.24, 2.45) is 0 Å². The molecule has 0 atom stereocenters. The molecule has 16 aromatic carbocycles. The zero-order valence-corrected chi connectivity index (χ0v) is 40.4. The summed E-state index contributed by atoms with van der Waals surface area (Å²) < 4.78 is 0. The Morgan fingerprint density at radius 1 is 0.149 bits per heavy atom. The molecule has 0 radical (unpaired) electrons. The average molecular weight is 933 g/mol. The minimum absolute atomic E-state index is 1.21. The standard InChI is InChI=1S/C74H44/c1-2-19-49-41-54(32-29-45(49)15-1)71-63-27-13-11-25-61(63)69(65-39-36-47-17-4-7-21-56(47)72(65)71)52-33-30-51-43-53(34-31-50(51)42-52)70-62-26-12-14-28-64(62)74(73-57-22-8-5-18-48(57)37-40-66(70)73)68-44-67-55-20-6-3-16-46(55)35-38-60(67)58-23-9-10-24-59(58)68/h1-44H. The van der Waals surface area contributed by atoms with Crippen LogP contribution in [0.4, 0.5) is 0 Å². The van der Waals surface area contributed by atoms with Crippen LogP contribution in [0.15, 0.2) is 267 Å². The second-order valence-corrected chi connectivity index (χ2v) is 20.2. The molecule has 0 nitrogen and oxygen atoms in total. The lowest BCUT2D eigenvalue weighted by Crippen LogP contribution is -1.94. The molecule has 0 aromatic heterocycles. The quantitative estimate of drug-likeness (QED) is 0.122. The molecule has 0 unspecified atom stereocenters. The molecule has 0 aliphatic rings. The van der Waals surface area contributed by atoms with E-state index in [4.69, 9.17) is 0 Å². The highest BCUT2D eigenvalue weighted by Crippen LogP contribution is 2.51. The largest absolute Gasteiger partial charge is 0.0616 e. The molecular weight excluding hydrogens is 889 g/mol. The zero-order valence-electron chi connectivity index (χ0n) is 40.4. The molecule has 0 heteroatoms. The molecule has 340 valence electrons. The van der Waals surface area contributed by atoms with Crippen LogP contribution in [0.2, 0.25) is 0 Å². The Kier molecular flexibility index (Phi) is 8.84. The van der Waals surface area contributed by atoms with Gasteiger partial charge in [-0.05, 0) is 187 Å². The third-order valence-corrected chi connectivity index (χ3v) is 16.3. The molecule has 0 N–H and O–H groups in total.